The van der Waals surface area contributed by atoms with Crippen molar-refractivity contribution >= 4 is 28.3 Å². The van der Waals surface area contributed by atoms with Crippen LogP contribution in [0.4, 0.5) is 4.39 Å². The lowest BCUT2D eigenvalue weighted by Gasteiger charge is -2.32. The first-order valence-electron chi connectivity index (χ1n) is 14.5. The van der Waals surface area contributed by atoms with E-state index in [4.69, 9.17) is 0 Å². The number of nitrogens with zero attached hydrogens (tertiary/aromatic N) is 3. The Hall–Kier alpha value is -3.96. The molecule has 11 heteroatoms. The third kappa shape index (κ3) is 8.11. The van der Waals surface area contributed by atoms with Crippen LogP contribution in [0.25, 0.3) is 0 Å². The van der Waals surface area contributed by atoms with E-state index in [0.717, 1.165) is 38.0 Å². The first kappa shape index (κ1) is 30.5. The van der Waals surface area contributed by atoms with Gasteiger partial charge in [0.05, 0.1) is 11.3 Å². The summed E-state index contributed by atoms with van der Waals surface area (Å²) in [4.78, 5) is 47.1. The number of halogens is 1. The maximum absolute atomic E-state index is 13.1. The molecule has 2 aliphatic heterocycles. The maximum Gasteiger partial charge on any atom is 0.270 e. The van der Waals surface area contributed by atoms with Gasteiger partial charge in [-0.2, -0.15) is 0 Å². The molecule has 0 atom stereocenters. The van der Waals surface area contributed by atoms with Crippen molar-refractivity contribution in [2.24, 2.45) is 5.92 Å². The van der Waals surface area contributed by atoms with Crippen molar-refractivity contribution in [1.82, 2.24) is 20.1 Å². The van der Waals surface area contributed by atoms with Crippen molar-refractivity contribution in [3.05, 3.63) is 101 Å². The third-order valence-electron chi connectivity index (χ3n) is 8.19. The van der Waals surface area contributed by atoms with Crippen LogP contribution in [-0.4, -0.2) is 73.0 Å². The number of pyridine rings is 1. The van der Waals surface area contributed by atoms with Gasteiger partial charge in [0, 0.05) is 56.4 Å². The van der Waals surface area contributed by atoms with Crippen molar-refractivity contribution in [1.29, 1.82) is 0 Å². The monoisotopic (exact) mass is 606 g/mol. The second kappa shape index (κ2) is 14.0. The molecule has 2 saturated heterocycles. The Labute approximate surface area is 252 Å². The van der Waals surface area contributed by atoms with Crippen LogP contribution in [0.1, 0.15) is 68.0 Å². The predicted molar refractivity (Wildman–Crippen MR) is 160 cm³/mol. The van der Waals surface area contributed by atoms with Crippen LogP contribution in [0.15, 0.2) is 66.9 Å². The normalized spacial score (nSPS) is 16.7. The van der Waals surface area contributed by atoms with E-state index in [0.29, 0.717) is 42.6 Å². The highest BCUT2D eigenvalue weighted by molar-refractivity contribution is 7.71. The summed E-state index contributed by atoms with van der Waals surface area (Å²) >= 11 is 0. The fourth-order valence-corrected chi connectivity index (χ4v) is 6.19. The first-order chi connectivity index (χ1) is 20.7. The molecule has 0 radical (unpaired) electrons. The number of hydrogen-bond acceptors (Lipinski definition) is 7. The van der Waals surface area contributed by atoms with Gasteiger partial charge in [-0.25, -0.2) is 12.8 Å². The molecule has 0 unspecified atom stereocenters. The number of carbonyl (C=O) groups is 3. The zero-order chi connectivity index (χ0) is 30.3. The number of nitrogens with one attached hydrogen (secondary N) is 1. The Bertz CT molecular complexity index is 1500. The van der Waals surface area contributed by atoms with Crippen molar-refractivity contribution in [2.75, 3.05) is 26.2 Å². The molecule has 226 valence electrons. The standard InChI is InChI=1S/C32H35FN4O5S/c33-27-8-3-22(4-9-27)20-36-15-13-28(14-16-36)35-31(39)29-10-7-26(19-34-29)32(40)37-17-11-25(12-18-37)30(38)24-5-1-23(2-6-24)21-43(41)42/h1-10,19,25,28,43H,11-18,20-21H2,(H,35,39). The third-order valence-corrected chi connectivity index (χ3v) is 8.81. The zero-order valence-electron chi connectivity index (χ0n) is 23.8. The van der Waals surface area contributed by atoms with E-state index < -0.39 is 10.7 Å². The highest BCUT2D eigenvalue weighted by Crippen LogP contribution is 2.23. The van der Waals surface area contributed by atoms with E-state index in [1.807, 2.05) is 0 Å². The zero-order valence-corrected chi connectivity index (χ0v) is 24.7. The lowest BCUT2D eigenvalue weighted by Crippen LogP contribution is -2.44. The highest BCUT2D eigenvalue weighted by atomic mass is 32.2. The van der Waals surface area contributed by atoms with Crippen LogP contribution in [0.2, 0.25) is 0 Å². The van der Waals surface area contributed by atoms with Crippen LogP contribution < -0.4 is 5.32 Å². The Morgan fingerprint density at radius 1 is 0.814 bits per heavy atom. The van der Waals surface area contributed by atoms with E-state index in [1.54, 1.807) is 53.4 Å². The number of piperidine rings is 2. The molecule has 3 heterocycles. The van der Waals surface area contributed by atoms with Crippen LogP contribution in [-0.2, 0) is 23.0 Å². The molecule has 9 nitrogen and oxygen atoms in total. The number of thiol groups is 1. The fourth-order valence-electron chi connectivity index (χ4n) is 5.68. The Kier molecular flexibility index (Phi) is 9.93. The van der Waals surface area contributed by atoms with Crippen LogP contribution in [0.5, 0.6) is 0 Å². The average molecular weight is 607 g/mol. The van der Waals surface area contributed by atoms with E-state index in [-0.39, 0.29) is 46.8 Å². The molecule has 0 spiro atoms. The number of likely N-dealkylation sites (tertiary alicyclic amines) is 2. The average Bonchev–Trinajstić information content (AvgIpc) is 3.02. The minimum atomic E-state index is -2.52. The molecule has 1 N–H and O–H groups in total. The first-order valence-corrected chi connectivity index (χ1v) is 15.9. The molecule has 2 amide bonds. The van der Waals surface area contributed by atoms with Crippen molar-refractivity contribution in [3.63, 3.8) is 0 Å². The minimum absolute atomic E-state index is 0.000690. The Morgan fingerprint density at radius 3 is 2.05 bits per heavy atom. The smallest absolute Gasteiger partial charge is 0.270 e. The van der Waals surface area contributed by atoms with E-state index in [2.05, 4.69) is 15.2 Å². The molecule has 0 aliphatic carbocycles. The van der Waals surface area contributed by atoms with Gasteiger partial charge in [0.15, 0.2) is 5.78 Å². The van der Waals surface area contributed by atoms with Gasteiger partial charge in [-0.15, -0.1) is 0 Å². The Morgan fingerprint density at radius 2 is 1.44 bits per heavy atom. The van der Waals surface area contributed by atoms with Gasteiger partial charge in [-0.1, -0.05) is 36.4 Å². The van der Waals surface area contributed by atoms with E-state index in [1.165, 1.54) is 18.3 Å². The summed E-state index contributed by atoms with van der Waals surface area (Å²) in [6.07, 6.45) is 4.11. The van der Waals surface area contributed by atoms with E-state index >= 15 is 0 Å². The highest BCUT2D eigenvalue weighted by Gasteiger charge is 2.29. The molecule has 1 aromatic heterocycles. The van der Waals surface area contributed by atoms with Gasteiger partial charge in [0.2, 0.25) is 0 Å². The molecule has 43 heavy (non-hydrogen) atoms. The number of carbonyl (C=O) groups excluding carboxylic acids is 3. The van der Waals surface area contributed by atoms with Crippen LogP contribution >= 0.6 is 0 Å². The maximum atomic E-state index is 13.1. The van der Waals surface area contributed by atoms with Gasteiger partial charge < -0.3 is 10.2 Å². The molecule has 5 rings (SSSR count). The number of Topliss-reactive ketones (excluding diaryl/α,β-unsaturated/α-hetero) is 1. The van der Waals surface area contributed by atoms with Crippen LogP contribution in [0, 0.1) is 11.7 Å². The van der Waals surface area contributed by atoms with Gasteiger partial charge in [-0.05, 0) is 61.1 Å². The van der Waals surface area contributed by atoms with Crippen LogP contribution in [0.3, 0.4) is 0 Å². The lowest BCUT2D eigenvalue weighted by atomic mass is 9.88. The molecule has 0 bridgehead atoms. The van der Waals surface area contributed by atoms with Crippen molar-refractivity contribution in [3.8, 4) is 0 Å². The summed E-state index contributed by atoms with van der Waals surface area (Å²) in [5.41, 5.74) is 2.89. The summed E-state index contributed by atoms with van der Waals surface area (Å²) in [6.45, 7) is 3.27. The summed E-state index contributed by atoms with van der Waals surface area (Å²) in [5.74, 6) is -0.957. The number of rotatable bonds is 9. The topological polar surface area (TPSA) is 117 Å². The number of benzene rings is 2. The fraction of sp³-hybridized carbons (Fsp3) is 0.375. The van der Waals surface area contributed by atoms with Gasteiger partial charge in [-0.3, -0.25) is 24.3 Å². The second-order valence-electron chi connectivity index (χ2n) is 11.2. The minimum Gasteiger partial charge on any atom is -0.348 e. The van der Waals surface area contributed by atoms with Gasteiger partial charge in [0.1, 0.15) is 22.2 Å². The molecule has 2 fully saturated rings. The summed E-state index contributed by atoms with van der Waals surface area (Å²) < 4.78 is 35.0. The predicted octanol–water partition coefficient (Wildman–Crippen LogP) is 3.46. The molecular weight excluding hydrogens is 571 g/mol. The number of amides is 2. The van der Waals surface area contributed by atoms with E-state index in [9.17, 15) is 27.2 Å². The summed E-state index contributed by atoms with van der Waals surface area (Å²) in [5, 5.41) is 3.05. The largest absolute Gasteiger partial charge is 0.348 e. The molecule has 3 aromatic rings. The second-order valence-corrected chi connectivity index (χ2v) is 12.2. The lowest BCUT2D eigenvalue weighted by molar-refractivity contribution is 0.0649. The number of aromatic nitrogens is 1. The number of hydrogen-bond donors (Lipinski definition) is 2. The summed E-state index contributed by atoms with van der Waals surface area (Å²) in [7, 11) is -2.52. The SMILES string of the molecule is O=C(NC1CCN(Cc2ccc(F)cc2)CC1)c1ccc(C(=O)N2CCC(C(=O)c3ccc(C[SH](=O)=O)cc3)CC2)cn1. The van der Waals surface area contributed by atoms with Crippen molar-refractivity contribution < 1.29 is 27.2 Å². The molecule has 2 aliphatic rings. The van der Waals surface area contributed by atoms with Gasteiger partial charge in [0.25, 0.3) is 11.8 Å². The molecular formula is C32H35FN4O5S. The number of ketones is 1. The quantitative estimate of drug-likeness (QED) is 0.283. The summed E-state index contributed by atoms with van der Waals surface area (Å²) in [6, 6.07) is 16.4. The van der Waals surface area contributed by atoms with Gasteiger partial charge >= 0.3 is 0 Å². The Balaban J connectivity index is 1.06. The van der Waals surface area contributed by atoms with Crippen molar-refractivity contribution in [2.45, 2.75) is 44.0 Å². The molecule has 0 saturated carbocycles. The molecule has 2 aromatic carbocycles.